The molecule has 0 spiro atoms. The summed E-state index contributed by atoms with van der Waals surface area (Å²) in [5.41, 5.74) is 9.93. The van der Waals surface area contributed by atoms with E-state index in [1.165, 1.54) is 12.4 Å². The fourth-order valence-corrected chi connectivity index (χ4v) is 3.70. The molecule has 1 saturated heterocycles. The third-order valence-electron chi connectivity index (χ3n) is 5.83. The summed E-state index contributed by atoms with van der Waals surface area (Å²) in [6.07, 6.45) is 12.8. The summed E-state index contributed by atoms with van der Waals surface area (Å²) in [7, 11) is 1.64. The van der Waals surface area contributed by atoms with Gasteiger partial charge in [0.15, 0.2) is 0 Å². The highest BCUT2D eigenvalue weighted by molar-refractivity contribution is 5.97. The fraction of sp³-hybridized carbons (Fsp3) is 0.400. The van der Waals surface area contributed by atoms with Gasteiger partial charge in [0.05, 0.1) is 24.0 Å². The van der Waals surface area contributed by atoms with Crippen molar-refractivity contribution in [1.82, 2.24) is 20.9 Å². The van der Waals surface area contributed by atoms with E-state index in [0.717, 1.165) is 28.1 Å². The van der Waals surface area contributed by atoms with Crippen LogP contribution in [0.25, 0.3) is 0 Å². The number of nitrogens with one attached hydrogen (secondary N) is 5. The second-order valence-corrected chi connectivity index (χ2v) is 8.86. The van der Waals surface area contributed by atoms with Gasteiger partial charge < -0.3 is 31.8 Å². The van der Waals surface area contributed by atoms with Crippen LogP contribution in [0.4, 0.5) is 4.39 Å². The number of allylic oxidation sites excluding steroid dienone is 6. The van der Waals surface area contributed by atoms with Crippen molar-refractivity contribution in [3.05, 3.63) is 70.6 Å². The molecular weight excluding hydrogens is 447 g/mol. The molecule has 0 aliphatic carbocycles. The Balaban J connectivity index is 1.60. The zero-order valence-electron chi connectivity index (χ0n) is 20.4. The van der Waals surface area contributed by atoms with E-state index in [4.69, 9.17) is 21.3 Å². The van der Waals surface area contributed by atoms with E-state index in [9.17, 15) is 4.39 Å². The van der Waals surface area contributed by atoms with Gasteiger partial charge in [-0.3, -0.25) is 15.3 Å². The predicted octanol–water partition coefficient (Wildman–Crippen LogP) is 2.07. The molecule has 9 nitrogen and oxygen atoms in total. The number of ether oxygens (including phenoxy) is 1. The Labute approximate surface area is 206 Å². The van der Waals surface area contributed by atoms with Gasteiger partial charge >= 0.3 is 0 Å². The van der Waals surface area contributed by atoms with Crippen LogP contribution < -0.4 is 21.7 Å². The lowest BCUT2D eigenvalue weighted by molar-refractivity contribution is 0.00822. The second kappa shape index (κ2) is 12.3. The largest absolute Gasteiger partial charge is 0.404 e. The molecule has 0 radical (unpaired) electrons. The van der Waals surface area contributed by atoms with Crippen LogP contribution >= 0.6 is 0 Å². The Morgan fingerprint density at radius 2 is 2.14 bits per heavy atom. The molecule has 0 amide bonds. The van der Waals surface area contributed by atoms with Crippen LogP contribution in [0, 0.1) is 16.7 Å². The van der Waals surface area contributed by atoms with Gasteiger partial charge in [-0.25, -0.2) is 4.39 Å². The van der Waals surface area contributed by atoms with Crippen molar-refractivity contribution >= 4 is 18.3 Å². The molecule has 3 aliphatic heterocycles. The average Bonchev–Trinajstić information content (AvgIpc) is 2.82. The van der Waals surface area contributed by atoms with Crippen molar-refractivity contribution in [2.75, 3.05) is 33.3 Å². The van der Waals surface area contributed by atoms with Crippen LogP contribution in [0.2, 0.25) is 0 Å². The van der Waals surface area contributed by atoms with Crippen molar-refractivity contribution in [3.63, 3.8) is 0 Å². The summed E-state index contributed by atoms with van der Waals surface area (Å²) in [4.78, 5) is 6.51. The van der Waals surface area contributed by atoms with E-state index in [0.29, 0.717) is 32.0 Å². The SMILES string of the molecule is COC(CN=CC(=CN)C1=CNC2=CC=C(NC(=N)C=C(C=N)C(C)C)NC2=C1)CN1CC(F)C1. The number of amidine groups is 1. The summed E-state index contributed by atoms with van der Waals surface area (Å²) in [5.74, 6) is 0.997. The number of methoxy groups -OCH3 is 1. The third-order valence-corrected chi connectivity index (χ3v) is 5.83. The summed E-state index contributed by atoms with van der Waals surface area (Å²) in [6, 6.07) is 0. The molecule has 0 bridgehead atoms. The quantitative estimate of drug-likeness (QED) is 0.197. The minimum Gasteiger partial charge on any atom is -0.404 e. The molecule has 10 heteroatoms. The normalized spacial score (nSPS) is 20.0. The molecule has 0 aromatic rings. The molecule has 7 N–H and O–H groups in total. The van der Waals surface area contributed by atoms with Crippen molar-refractivity contribution in [1.29, 1.82) is 10.8 Å². The van der Waals surface area contributed by atoms with Crippen LogP contribution in [-0.4, -0.2) is 68.7 Å². The smallest absolute Gasteiger partial charge is 0.125 e. The number of dihydropyridines is 2. The Bertz CT molecular complexity index is 1030. The predicted molar refractivity (Wildman–Crippen MR) is 139 cm³/mol. The maximum absolute atomic E-state index is 13.0. The first-order valence-corrected chi connectivity index (χ1v) is 11.6. The van der Waals surface area contributed by atoms with Crippen molar-refractivity contribution in [2.24, 2.45) is 16.6 Å². The van der Waals surface area contributed by atoms with E-state index in [1.54, 1.807) is 19.4 Å². The molecule has 1 unspecified atom stereocenters. The Morgan fingerprint density at radius 3 is 2.77 bits per heavy atom. The maximum Gasteiger partial charge on any atom is 0.125 e. The lowest BCUT2D eigenvalue weighted by Crippen LogP contribution is -2.51. The molecule has 0 saturated carbocycles. The number of likely N-dealkylation sites (tertiary alicyclic amines) is 1. The van der Waals surface area contributed by atoms with Crippen molar-refractivity contribution < 1.29 is 9.13 Å². The minimum absolute atomic E-state index is 0.115. The zero-order chi connectivity index (χ0) is 25.4. The average molecular weight is 483 g/mol. The molecule has 3 aliphatic rings. The van der Waals surface area contributed by atoms with Gasteiger partial charge in [0.25, 0.3) is 0 Å². The highest BCUT2D eigenvalue weighted by atomic mass is 19.1. The molecule has 3 heterocycles. The Kier molecular flexibility index (Phi) is 9.16. The van der Waals surface area contributed by atoms with Crippen LogP contribution in [-0.2, 0) is 4.74 Å². The van der Waals surface area contributed by atoms with Gasteiger partial charge in [0, 0.05) is 62.7 Å². The number of hydrogen-bond donors (Lipinski definition) is 6. The summed E-state index contributed by atoms with van der Waals surface area (Å²) < 4.78 is 18.5. The third kappa shape index (κ3) is 7.24. The van der Waals surface area contributed by atoms with Crippen molar-refractivity contribution in [3.8, 4) is 0 Å². The lowest BCUT2D eigenvalue weighted by Gasteiger charge is -2.36. The lowest BCUT2D eigenvalue weighted by atomic mass is 10.0. The zero-order valence-corrected chi connectivity index (χ0v) is 20.4. The molecule has 0 aromatic carbocycles. The first-order chi connectivity index (χ1) is 16.8. The highest BCUT2D eigenvalue weighted by Crippen LogP contribution is 2.22. The van der Waals surface area contributed by atoms with Gasteiger partial charge in [0.1, 0.15) is 17.8 Å². The van der Waals surface area contributed by atoms with Crippen LogP contribution in [0.1, 0.15) is 13.8 Å². The van der Waals surface area contributed by atoms with Gasteiger partial charge in [-0.1, -0.05) is 13.8 Å². The standard InChI is InChI=1S/C25H35FN8O/c1-16(2)17(8-27)7-24(29)33-25-5-4-22-23(32-25)6-18(11-31-22)19(9-28)10-30-12-21(35-3)15-34-13-20(26)14-34/h4-11,16,20-21,27,31-32H,12-15,28H2,1-3H3,(H2,29,33). The van der Waals surface area contributed by atoms with Crippen LogP contribution in [0.3, 0.4) is 0 Å². The Morgan fingerprint density at radius 1 is 1.37 bits per heavy atom. The minimum atomic E-state index is -0.735. The second-order valence-electron chi connectivity index (χ2n) is 8.86. The highest BCUT2D eigenvalue weighted by Gasteiger charge is 2.28. The molecule has 3 rings (SSSR count). The molecule has 188 valence electrons. The van der Waals surface area contributed by atoms with Crippen molar-refractivity contribution in [2.45, 2.75) is 26.1 Å². The Hall–Kier alpha value is -3.50. The molecule has 35 heavy (non-hydrogen) atoms. The van der Waals surface area contributed by atoms with E-state index in [1.807, 2.05) is 43.2 Å². The van der Waals surface area contributed by atoms with E-state index in [2.05, 4.69) is 20.9 Å². The van der Waals surface area contributed by atoms with Gasteiger partial charge in [0.2, 0.25) is 0 Å². The van der Waals surface area contributed by atoms with E-state index < -0.39 is 6.17 Å². The van der Waals surface area contributed by atoms with Crippen LogP contribution in [0.5, 0.6) is 0 Å². The number of nitrogens with zero attached hydrogens (tertiary/aromatic N) is 2. The number of rotatable bonds is 11. The number of aliphatic imine (C=N–C) groups is 1. The van der Waals surface area contributed by atoms with E-state index in [-0.39, 0.29) is 17.9 Å². The van der Waals surface area contributed by atoms with Crippen LogP contribution in [0.15, 0.2) is 75.6 Å². The molecule has 1 fully saturated rings. The summed E-state index contributed by atoms with van der Waals surface area (Å²) >= 11 is 0. The topological polar surface area (TPSA) is 135 Å². The fourth-order valence-electron chi connectivity index (χ4n) is 3.70. The molecule has 1 atom stereocenters. The van der Waals surface area contributed by atoms with Gasteiger partial charge in [-0.15, -0.1) is 0 Å². The number of nitrogens with two attached hydrogens (primary N) is 1. The first-order valence-electron chi connectivity index (χ1n) is 11.6. The van der Waals surface area contributed by atoms with E-state index >= 15 is 0 Å². The van der Waals surface area contributed by atoms with Gasteiger partial charge in [-0.05, 0) is 35.8 Å². The molecular formula is C25H35FN8O. The maximum atomic E-state index is 13.0. The number of hydrogen-bond acceptors (Lipinski definition) is 8. The molecule has 0 aromatic heterocycles. The number of fused-ring (bicyclic) bond motifs is 1. The monoisotopic (exact) mass is 482 g/mol. The summed E-state index contributed by atoms with van der Waals surface area (Å²) in [5, 5.41) is 25.3. The van der Waals surface area contributed by atoms with Gasteiger partial charge in [-0.2, -0.15) is 0 Å². The first kappa shape index (κ1) is 26.1. The number of alkyl halides is 1. The summed E-state index contributed by atoms with van der Waals surface area (Å²) in [6.45, 7) is 5.97. The number of halogens is 1.